The largest absolute Gasteiger partial charge is 0.480 e. The van der Waals surface area contributed by atoms with Crippen molar-refractivity contribution in [2.24, 2.45) is 0 Å². The molecule has 1 fully saturated rings. The third-order valence-corrected chi connectivity index (χ3v) is 5.79. The Labute approximate surface area is 162 Å². The number of anilines is 1. The van der Waals surface area contributed by atoms with E-state index in [1.165, 1.54) is 5.56 Å². The minimum atomic E-state index is -0.814. The first kappa shape index (κ1) is 21.2. The van der Waals surface area contributed by atoms with Crippen LogP contribution >= 0.6 is 0 Å². The van der Waals surface area contributed by atoms with E-state index in [0.29, 0.717) is 13.1 Å². The zero-order chi connectivity index (χ0) is 20.0. The van der Waals surface area contributed by atoms with Crippen LogP contribution in [0.1, 0.15) is 52.0 Å². The Morgan fingerprint density at radius 2 is 1.89 bits per heavy atom. The predicted octanol–water partition coefficient (Wildman–Crippen LogP) is 3.78. The fraction of sp³-hybridized carbons (Fsp3) is 0.619. The van der Waals surface area contributed by atoms with Gasteiger partial charge in [0.2, 0.25) is 0 Å². The molecule has 0 spiro atoms. The summed E-state index contributed by atoms with van der Waals surface area (Å²) in [6.07, 6.45) is 3.64. The van der Waals surface area contributed by atoms with E-state index in [1.54, 1.807) is 0 Å². The van der Waals surface area contributed by atoms with Crippen molar-refractivity contribution in [1.29, 1.82) is 0 Å². The number of rotatable bonds is 6. The summed E-state index contributed by atoms with van der Waals surface area (Å²) >= 11 is 0. The smallest absolute Gasteiger partial charge is 0.321 e. The van der Waals surface area contributed by atoms with Crippen molar-refractivity contribution in [3.63, 3.8) is 0 Å². The number of urea groups is 1. The van der Waals surface area contributed by atoms with Crippen molar-refractivity contribution in [3.8, 4) is 0 Å². The number of nitrogens with one attached hydrogen (secondary N) is 1. The molecule has 0 bridgehead atoms. The molecule has 6 nitrogen and oxygen atoms in total. The highest BCUT2D eigenvalue weighted by molar-refractivity contribution is 5.89. The number of carbonyl (C=O) groups is 2. The average Bonchev–Trinajstić information content (AvgIpc) is 2.88. The minimum Gasteiger partial charge on any atom is -0.480 e. The Balaban J connectivity index is 1.91. The second-order valence-electron chi connectivity index (χ2n) is 8.13. The molecule has 1 aromatic rings. The van der Waals surface area contributed by atoms with Crippen LogP contribution in [-0.4, -0.2) is 59.6 Å². The van der Waals surface area contributed by atoms with Crippen LogP contribution in [0.4, 0.5) is 10.5 Å². The third kappa shape index (κ3) is 5.96. The Bertz CT molecular complexity index is 643. The predicted molar refractivity (Wildman–Crippen MR) is 108 cm³/mol. The van der Waals surface area contributed by atoms with E-state index < -0.39 is 5.97 Å². The average molecular weight is 376 g/mol. The molecule has 6 heteroatoms. The van der Waals surface area contributed by atoms with Gasteiger partial charge >= 0.3 is 12.0 Å². The van der Waals surface area contributed by atoms with Crippen LogP contribution in [0.15, 0.2) is 24.3 Å². The van der Waals surface area contributed by atoms with Crippen LogP contribution in [0.5, 0.6) is 0 Å². The van der Waals surface area contributed by atoms with Crippen molar-refractivity contribution in [1.82, 2.24) is 9.80 Å². The van der Waals surface area contributed by atoms with E-state index >= 15 is 0 Å². The molecule has 2 rings (SSSR count). The standard InChI is InChI=1S/C21H33N3O3/c1-5-21(2,3)16-8-10-17(11-9-16)22-20(27)24-13-6-7-18(12-14-24)23(4)15-19(25)26/h8-11,18H,5-7,12-15H2,1-4H3,(H,22,27)(H,25,26). The molecule has 0 saturated carbocycles. The molecule has 1 aliphatic heterocycles. The van der Waals surface area contributed by atoms with Gasteiger partial charge in [0.1, 0.15) is 0 Å². The van der Waals surface area contributed by atoms with Crippen molar-refractivity contribution in [2.75, 3.05) is 32.0 Å². The molecule has 1 aromatic carbocycles. The first-order valence-electron chi connectivity index (χ1n) is 9.81. The van der Waals surface area contributed by atoms with Gasteiger partial charge in [-0.25, -0.2) is 4.79 Å². The molecule has 1 atom stereocenters. The Morgan fingerprint density at radius 1 is 1.22 bits per heavy atom. The fourth-order valence-corrected chi connectivity index (χ4v) is 3.48. The summed E-state index contributed by atoms with van der Waals surface area (Å²) in [5.74, 6) is -0.814. The maximum atomic E-state index is 12.6. The fourth-order valence-electron chi connectivity index (χ4n) is 3.48. The van der Waals surface area contributed by atoms with Crippen LogP contribution < -0.4 is 5.32 Å². The number of nitrogens with zero attached hydrogens (tertiary/aromatic N) is 2. The van der Waals surface area contributed by atoms with E-state index in [1.807, 2.05) is 29.0 Å². The van der Waals surface area contributed by atoms with Gasteiger partial charge < -0.3 is 15.3 Å². The van der Waals surface area contributed by atoms with E-state index in [9.17, 15) is 9.59 Å². The van der Waals surface area contributed by atoms with Gasteiger partial charge in [-0.15, -0.1) is 0 Å². The number of carboxylic acids is 1. The lowest BCUT2D eigenvalue weighted by atomic mass is 9.82. The molecular weight excluding hydrogens is 342 g/mol. The molecular formula is C21H33N3O3. The summed E-state index contributed by atoms with van der Waals surface area (Å²) in [6, 6.07) is 8.21. The molecule has 0 aromatic heterocycles. The van der Waals surface area contributed by atoms with Gasteiger partial charge in [-0.3, -0.25) is 9.69 Å². The summed E-state index contributed by atoms with van der Waals surface area (Å²) in [7, 11) is 1.84. The Hall–Kier alpha value is -2.08. The number of carbonyl (C=O) groups excluding carboxylic acids is 1. The number of hydrogen-bond acceptors (Lipinski definition) is 3. The lowest BCUT2D eigenvalue weighted by Gasteiger charge is -2.26. The zero-order valence-electron chi connectivity index (χ0n) is 17.0. The molecule has 1 unspecified atom stereocenters. The first-order valence-corrected chi connectivity index (χ1v) is 9.81. The van der Waals surface area contributed by atoms with Gasteiger partial charge in [-0.05, 0) is 55.8 Å². The number of hydrogen-bond donors (Lipinski definition) is 2. The lowest BCUT2D eigenvalue weighted by Crippen LogP contribution is -2.38. The van der Waals surface area contributed by atoms with E-state index in [2.05, 4.69) is 38.2 Å². The lowest BCUT2D eigenvalue weighted by molar-refractivity contribution is -0.138. The minimum absolute atomic E-state index is 0.0390. The summed E-state index contributed by atoms with van der Waals surface area (Å²) in [6.45, 7) is 7.99. The van der Waals surface area contributed by atoms with Crippen molar-refractivity contribution in [3.05, 3.63) is 29.8 Å². The second-order valence-corrected chi connectivity index (χ2v) is 8.13. The number of amides is 2. The van der Waals surface area contributed by atoms with Crippen molar-refractivity contribution < 1.29 is 14.7 Å². The highest BCUT2D eigenvalue weighted by atomic mass is 16.4. The molecule has 2 amide bonds. The Morgan fingerprint density at radius 3 is 2.48 bits per heavy atom. The summed E-state index contributed by atoms with van der Waals surface area (Å²) in [5.41, 5.74) is 2.20. The number of carboxylic acid groups (broad SMARTS) is 1. The molecule has 0 aliphatic carbocycles. The molecule has 1 heterocycles. The van der Waals surface area contributed by atoms with Gasteiger partial charge in [-0.1, -0.05) is 32.9 Å². The number of likely N-dealkylation sites (N-methyl/N-ethyl adjacent to an activating group) is 1. The van der Waals surface area contributed by atoms with Gasteiger partial charge in [0, 0.05) is 24.8 Å². The second kappa shape index (κ2) is 9.22. The van der Waals surface area contributed by atoms with Crippen molar-refractivity contribution >= 4 is 17.7 Å². The number of benzene rings is 1. The summed E-state index contributed by atoms with van der Waals surface area (Å²) in [4.78, 5) is 27.2. The third-order valence-electron chi connectivity index (χ3n) is 5.79. The van der Waals surface area contributed by atoms with Gasteiger partial charge in [-0.2, -0.15) is 0 Å². The van der Waals surface area contributed by atoms with Gasteiger partial charge in [0.25, 0.3) is 0 Å². The molecule has 0 radical (unpaired) electrons. The van der Waals surface area contributed by atoms with Crippen molar-refractivity contribution in [2.45, 2.75) is 57.9 Å². The zero-order valence-corrected chi connectivity index (χ0v) is 17.0. The van der Waals surface area contributed by atoms with E-state index in [-0.39, 0.29) is 24.0 Å². The van der Waals surface area contributed by atoms with Crippen LogP contribution in [0.25, 0.3) is 0 Å². The van der Waals surface area contributed by atoms with E-state index in [0.717, 1.165) is 31.4 Å². The van der Waals surface area contributed by atoms with Gasteiger partial charge in [0.05, 0.1) is 6.54 Å². The van der Waals surface area contributed by atoms with Gasteiger partial charge in [0.15, 0.2) is 0 Å². The first-order chi connectivity index (χ1) is 12.7. The molecule has 27 heavy (non-hydrogen) atoms. The highest BCUT2D eigenvalue weighted by Gasteiger charge is 2.24. The van der Waals surface area contributed by atoms with Crippen LogP contribution in [0.2, 0.25) is 0 Å². The monoisotopic (exact) mass is 375 g/mol. The number of aliphatic carboxylic acids is 1. The number of likely N-dealkylation sites (tertiary alicyclic amines) is 1. The summed E-state index contributed by atoms with van der Waals surface area (Å²) in [5, 5.41) is 12.0. The normalized spacial score (nSPS) is 18.3. The quantitative estimate of drug-likeness (QED) is 0.794. The van der Waals surface area contributed by atoms with E-state index in [4.69, 9.17) is 5.11 Å². The summed E-state index contributed by atoms with van der Waals surface area (Å²) < 4.78 is 0. The topological polar surface area (TPSA) is 72.9 Å². The Kier molecular flexibility index (Phi) is 7.25. The SMILES string of the molecule is CCC(C)(C)c1ccc(NC(=O)N2CCCC(N(C)CC(=O)O)CC2)cc1. The molecule has 1 saturated heterocycles. The van der Waals surface area contributed by atoms with Crippen LogP contribution in [-0.2, 0) is 10.2 Å². The maximum Gasteiger partial charge on any atom is 0.321 e. The van der Waals surface area contributed by atoms with Crippen LogP contribution in [0, 0.1) is 0 Å². The van der Waals surface area contributed by atoms with Crippen LogP contribution in [0.3, 0.4) is 0 Å². The maximum absolute atomic E-state index is 12.6. The molecule has 150 valence electrons. The molecule has 1 aliphatic rings. The molecule has 2 N–H and O–H groups in total. The highest BCUT2D eigenvalue weighted by Crippen LogP contribution is 2.27.